The molecule has 0 fully saturated rings. The van der Waals surface area contributed by atoms with Gasteiger partial charge < -0.3 is 10.0 Å². The second kappa shape index (κ2) is 6.47. The van der Waals surface area contributed by atoms with Gasteiger partial charge in [0.1, 0.15) is 0 Å². The highest BCUT2D eigenvalue weighted by Gasteiger charge is 2.22. The lowest BCUT2D eigenvalue weighted by Crippen LogP contribution is -2.31. The summed E-state index contributed by atoms with van der Waals surface area (Å²) in [6, 6.07) is 0.179. The van der Waals surface area contributed by atoms with E-state index in [1.54, 1.807) is 0 Å². The fraction of sp³-hybridized carbons (Fsp3) is 0.769. The van der Waals surface area contributed by atoms with Gasteiger partial charge in [0, 0.05) is 19.6 Å². The zero-order valence-corrected chi connectivity index (χ0v) is 13.9. The fourth-order valence-electron chi connectivity index (χ4n) is 1.99. The summed E-state index contributed by atoms with van der Waals surface area (Å²) in [5.74, 6) is -0.0749. The van der Waals surface area contributed by atoms with E-state index in [1.165, 1.54) is 11.8 Å². The van der Waals surface area contributed by atoms with E-state index in [4.69, 9.17) is 5.11 Å². The molecule has 0 aliphatic rings. The van der Waals surface area contributed by atoms with Crippen LogP contribution in [-0.2, 0) is 4.79 Å². The maximum absolute atomic E-state index is 10.7. The molecule has 0 atom stereocenters. The highest BCUT2D eigenvalue weighted by molar-refractivity contribution is 7.99. The van der Waals surface area contributed by atoms with E-state index in [2.05, 4.69) is 35.9 Å². The number of hydrogen-bond donors (Lipinski definition) is 1. The van der Waals surface area contributed by atoms with Crippen LogP contribution in [0.5, 0.6) is 0 Å². The van der Waals surface area contributed by atoms with Crippen molar-refractivity contribution in [2.24, 2.45) is 5.41 Å². The Labute approximate surface area is 124 Å². The monoisotopic (exact) mass is 300 g/mol. The Hall–Kier alpha value is -1.24. The van der Waals surface area contributed by atoms with Crippen LogP contribution in [-0.4, -0.2) is 45.2 Å². The molecule has 1 heterocycles. The topological polar surface area (TPSA) is 71.2 Å². The van der Waals surface area contributed by atoms with E-state index < -0.39 is 5.97 Å². The van der Waals surface area contributed by atoms with Crippen LogP contribution in [0.1, 0.15) is 40.7 Å². The fourth-order valence-corrected chi connectivity index (χ4v) is 2.77. The molecule has 6 nitrogen and oxygen atoms in total. The van der Waals surface area contributed by atoms with Crippen molar-refractivity contribution < 1.29 is 9.90 Å². The molecule has 0 radical (unpaired) electrons. The SMILES string of the molecule is CC(C)n1c(SCC(=O)O)nnc1N(C)CC(C)(C)C. The van der Waals surface area contributed by atoms with Crippen molar-refractivity contribution >= 4 is 23.7 Å². The van der Waals surface area contributed by atoms with E-state index >= 15 is 0 Å². The van der Waals surface area contributed by atoms with Gasteiger partial charge in [-0.2, -0.15) is 0 Å². The molecule has 0 amide bonds. The molecule has 7 heteroatoms. The van der Waals surface area contributed by atoms with Gasteiger partial charge in [-0.15, -0.1) is 10.2 Å². The van der Waals surface area contributed by atoms with Gasteiger partial charge >= 0.3 is 5.97 Å². The largest absolute Gasteiger partial charge is 0.481 e. The summed E-state index contributed by atoms with van der Waals surface area (Å²) in [5.41, 5.74) is 0.150. The maximum Gasteiger partial charge on any atom is 0.313 e. The minimum atomic E-state index is -0.849. The Kier molecular flexibility index (Phi) is 5.44. The first-order valence-electron chi connectivity index (χ1n) is 6.62. The van der Waals surface area contributed by atoms with Gasteiger partial charge in [0.15, 0.2) is 5.16 Å². The predicted octanol–water partition coefficient (Wildman–Crippen LogP) is 2.52. The van der Waals surface area contributed by atoms with Crippen LogP contribution in [0.2, 0.25) is 0 Å². The Bertz CT molecular complexity index is 465. The number of carboxylic acid groups (broad SMARTS) is 1. The summed E-state index contributed by atoms with van der Waals surface area (Å²) in [7, 11) is 1.99. The third-order valence-corrected chi connectivity index (χ3v) is 3.47. The van der Waals surface area contributed by atoms with Crippen molar-refractivity contribution in [1.29, 1.82) is 0 Å². The average molecular weight is 300 g/mol. The highest BCUT2D eigenvalue weighted by Crippen LogP contribution is 2.27. The maximum atomic E-state index is 10.7. The molecule has 1 N–H and O–H groups in total. The molecule has 0 aromatic carbocycles. The van der Waals surface area contributed by atoms with Crippen LogP contribution in [0.25, 0.3) is 0 Å². The molecule has 0 saturated carbocycles. The van der Waals surface area contributed by atoms with E-state index in [-0.39, 0.29) is 17.2 Å². The van der Waals surface area contributed by atoms with E-state index in [0.29, 0.717) is 5.16 Å². The minimum Gasteiger partial charge on any atom is -0.481 e. The molecule has 0 bridgehead atoms. The summed E-state index contributed by atoms with van der Waals surface area (Å²) >= 11 is 1.20. The van der Waals surface area contributed by atoms with Gasteiger partial charge in [-0.1, -0.05) is 32.5 Å². The second-order valence-electron chi connectivity index (χ2n) is 6.35. The predicted molar refractivity (Wildman–Crippen MR) is 81.5 cm³/mol. The van der Waals surface area contributed by atoms with Crippen molar-refractivity contribution in [3.63, 3.8) is 0 Å². The van der Waals surface area contributed by atoms with Gasteiger partial charge in [-0.3, -0.25) is 9.36 Å². The van der Waals surface area contributed by atoms with E-state index in [0.717, 1.165) is 12.5 Å². The lowest BCUT2D eigenvalue weighted by molar-refractivity contribution is -0.133. The number of carboxylic acids is 1. The zero-order chi connectivity index (χ0) is 15.5. The lowest BCUT2D eigenvalue weighted by atomic mass is 9.96. The third-order valence-electron chi connectivity index (χ3n) is 2.54. The lowest BCUT2D eigenvalue weighted by Gasteiger charge is -2.28. The van der Waals surface area contributed by atoms with Crippen molar-refractivity contribution in [3.05, 3.63) is 0 Å². The molecular formula is C13H24N4O2S. The van der Waals surface area contributed by atoms with Crippen LogP contribution in [0.3, 0.4) is 0 Å². The van der Waals surface area contributed by atoms with E-state index in [9.17, 15) is 4.79 Å². The van der Waals surface area contributed by atoms with Crippen molar-refractivity contribution in [1.82, 2.24) is 14.8 Å². The quantitative estimate of drug-likeness (QED) is 0.814. The van der Waals surface area contributed by atoms with E-state index in [1.807, 2.05) is 25.5 Å². The smallest absolute Gasteiger partial charge is 0.313 e. The summed E-state index contributed by atoms with van der Waals surface area (Å²) in [4.78, 5) is 12.8. The normalized spacial score (nSPS) is 11.9. The second-order valence-corrected chi connectivity index (χ2v) is 7.29. The Balaban J connectivity index is 2.99. The molecule has 20 heavy (non-hydrogen) atoms. The first-order chi connectivity index (χ1) is 9.11. The summed E-state index contributed by atoms with van der Waals surface area (Å²) in [5, 5.41) is 17.8. The van der Waals surface area contributed by atoms with Crippen molar-refractivity contribution in [2.75, 3.05) is 24.2 Å². The number of aromatic nitrogens is 3. The molecule has 0 spiro atoms. The van der Waals surface area contributed by atoms with Crippen LogP contribution in [0.15, 0.2) is 5.16 Å². The van der Waals surface area contributed by atoms with Gasteiger partial charge in [-0.25, -0.2) is 0 Å². The standard InChI is InChI=1S/C13H24N4O2S/c1-9(2)17-11(16(6)8-13(3,4)5)14-15-12(17)20-7-10(18)19/h9H,7-8H2,1-6H3,(H,18,19). The van der Waals surface area contributed by atoms with Crippen molar-refractivity contribution in [3.8, 4) is 0 Å². The average Bonchev–Trinajstić information content (AvgIpc) is 2.67. The Morgan fingerprint density at radius 2 is 2.00 bits per heavy atom. The number of rotatable bonds is 6. The summed E-state index contributed by atoms with van der Waals surface area (Å²) in [6.07, 6.45) is 0. The highest BCUT2D eigenvalue weighted by atomic mass is 32.2. The zero-order valence-electron chi connectivity index (χ0n) is 13.0. The molecule has 0 aliphatic heterocycles. The van der Waals surface area contributed by atoms with Crippen molar-refractivity contribution in [2.45, 2.75) is 45.8 Å². The third kappa shape index (κ3) is 4.70. The van der Waals surface area contributed by atoms with Gasteiger partial charge in [0.05, 0.1) is 5.75 Å². The van der Waals surface area contributed by atoms with Crippen LogP contribution < -0.4 is 4.90 Å². The van der Waals surface area contributed by atoms with Gasteiger partial charge in [0.25, 0.3) is 0 Å². The Morgan fingerprint density at radius 3 is 2.45 bits per heavy atom. The molecule has 114 valence electrons. The number of thioether (sulfide) groups is 1. The first kappa shape index (κ1) is 16.8. The van der Waals surface area contributed by atoms with Crippen LogP contribution in [0.4, 0.5) is 5.95 Å². The molecule has 0 saturated heterocycles. The summed E-state index contributed by atoms with van der Waals surface area (Å²) < 4.78 is 1.99. The Morgan fingerprint density at radius 1 is 1.40 bits per heavy atom. The molecular weight excluding hydrogens is 276 g/mol. The van der Waals surface area contributed by atoms with Crippen LogP contribution in [0, 0.1) is 5.41 Å². The number of nitrogens with zero attached hydrogens (tertiary/aromatic N) is 4. The first-order valence-corrected chi connectivity index (χ1v) is 7.61. The minimum absolute atomic E-state index is 0.00611. The molecule has 1 rings (SSSR count). The summed E-state index contributed by atoms with van der Waals surface area (Å²) in [6.45, 7) is 11.4. The molecule has 1 aromatic rings. The number of anilines is 1. The number of carbonyl (C=O) groups is 1. The van der Waals surface area contributed by atoms with Gasteiger partial charge in [-0.05, 0) is 19.3 Å². The molecule has 0 aliphatic carbocycles. The molecule has 0 unspecified atom stereocenters. The van der Waals surface area contributed by atoms with Gasteiger partial charge in [0.2, 0.25) is 5.95 Å². The van der Waals surface area contributed by atoms with Crippen LogP contribution >= 0.6 is 11.8 Å². The molecule has 1 aromatic heterocycles. The number of hydrogen-bond acceptors (Lipinski definition) is 5. The number of aliphatic carboxylic acids is 1.